The molecule has 26 atom stereocenters. The molecule has 0 aromatic heterocycles. The van der Waals surface area contributed by atoms with Crippen molar-refractivity contribution in [2.75, 3.05) is 19.8 Å². The Bertz CT molecular complexity index is 1940. The minimum Gasteiger partial charge on any atom is -0.479 e. The predicted octanol–water partition coefficient (Wildman–Crippen LogP) is -0.142. The van der Waals surface area contributed by atoms with Gasteiger partial charge in [-0.2, -0.15) is 0 Å². The number of aliphatic hydroxyl groups excluding tert-OH is 10. The Labute approximate surface area is 402 Å². The molecule has 3 saturated heterocycles. The summed E-state index contributed by atoms with van der Waals surface area (Å²) < 4.78 is 42.0. The van der Waals surface area contributed by atoms with Crippen LogP contribution in [0.2, 0.25) is 0 Å². The van der Waals surface area contributed by atoms with E-state index in [1.54, 1.807) is 0 Å². The highest BCUT2D eigenvalue weighted by Gasteiger charge is 2.71. The van der Waals surface area contributed by atoms with Gasteiger partial charge in [0.25, 0.3) is 0 Å². The number of allylic oxidation sites excluding steroid dienone is 2. The van der Waals surface area contributed by atoms with Crippen LogP contribution in [-0.2, 0) is 42.7 Å². The molecular formula is C49H78O20. The highest BCUT2D eigenvalue weighted by molar-refractivity contribution is 5.73. The number of esters is 1. The molecule has 394 valence electrons. The van der Waals surface area contributed by atoms with Gasteiger partial charge in [-0.25, -0.2) is 4.79 Å². The molecule has 3 heterocycles. The first-order valence-electron chi connectivity index (χ1n) is 24.8. The van der Waals surface area contributed by atoms with Crippen molar-refractivity contribution in [2.45, 2.75) is 211 Å². The van der Waals surface area contributed by atoms with Crippen molar-refractivity contribution in [1.82, 2.24) is 0 Å². The molecule has 0 aromatic carbocycles. The maximum absolute atomic E-state index is 12.5. The van der Waals surface area contributed by atoms with Crippen LogP contribution in [0.1, 0.15) is 107 Å². The molecule has 7 fully saturated rings. The number of carbonyl (C=O) groups excluding carboxylic acids is 1. The van der Waals surface area contributed by atoms with Gasteiger partial charge >= 0.3 is 11.9 Å². The average Bonchev–Trinajstić information content (AvgIpc) is 3.29. The number of ether oxygens (including phenoxy) is 7. The second-order valence-corrected chi connectivity index (χ2v) is 23.6. The van der Waals surface area contributed by atoms with Gasteiger partial charge in [-0.05, 0) is 92.3 Å². The van der Waals surface area contributed by atoms with Crippen molar-refractivity contribution >= 4 is 11.9 Å². The van der Waals surface area contributed by atoms with E-state index in [-0.39, 0.29) is 47.2 Å². The van der Waals surface area contributed by atoms with Crippen molar-refractivity contribution in [1.29, 1.82) is 0 Å². The highest BCUT2D eigenvalue weighted by atomic mass is 16.8. The lowest BCUT2D eigenvalue weighted by molar-refractivity contribution is -0.387. The second-order valence-electron chi connectivity index (χ2n) is 23.6. The molecule has 0 spiro atoms. The van der Waals surface area contributed by atoms with E-state index in [0.29, 0.717) is 32.1 Å². The zero-order chi connectivity index (χ0) is 50.7. The average molecular weight is 987 g/mol. The number of carbonyl (C=O) groups is 2. The molecule has 20 nitrogen and oxygen atoms in total. The number of carboxylic acids is 1. The number of aliphatic carboxylic acids is 1. The van der Waals surface area contributed by atoms with Gasteiger partial charge in [0.2, 0.25) is 0 Å². The summed E-state index contributed by atoms with van der Waals surface area (Å²) >= 11 is 0. The van der Waals surface area contributed by atoms with E-state index >= 15 is 0 Å². The maximum atomic E-state index is 12.5. The first-order valence-corrected chi connectivity index (χ1v) is 24.8. The normalized spacial score (nSPS) is 55.3. The number of rotatable bonds is 10. The molecule has 0 bridgehead atoms. The molecule has 69 heavy (non-hydrogen) atoms. The summed E-state index contributed by atoms with van der Waals surface area (Å²) in [6, 6.07) is 0. The summed E-state index contributed by atoms with van der Waals surface area (Å²) in [4.78, 5) is 25.0. The molecule has 0 aromatic rings. The van der Waals surface area contributed by atoms with E-state index < -0.39 is 139 Å². The molecule has 11 N–H and O–H groups in total. The fourth-order valence-corrected chi connectivity index (χ4v) is 15.2. The van der Waals surface area contributed by atoms with Crippen molar-refractivity contribution in [2.24, 2.45) is 50.2 Å². The van der Waals surface area contributed by atoms with Crippen molar-refractivity contribution in [3.63, 3.8) is 0 Å². The largest absolute Gasteiger partial charge is 0.479 e. The number of fused-ring (bicyclic) bond motifs is 7. The minimum absolute atomic E-state index is 0.0718. The van der Waals surface area contributed by atoms with E-state index in [0.717, 1.165) is 19.3 Å². The third-order valence-electron chi connectivity index (χ3n) is 19.8. The van der Waals surface area contributed by atoms with Crippen LogP contribution in [0.25, 0.3) is 0 Å². The summed E-state index contributed by atoms with van der Waals surface area (Å²) in [7, 11) is 0. The fraction of sp³-hybridized carbons (Fsp3) is 0.918. The third kappa shape index (κ3) is 8.26. The number of aliphatic hydroxyl groups is 10. The molecular weight excluding hydrogens is 909 g/mol. The smallest absolute Gasteiger partial charge is 0.335 e. The first-order chi connectivity index (χ1) is 32.2. The molecule has 0 amide bonds. The van der Waals surface area contributed by atoms with Gasteiger partial charge in [0.05, 0.1) is 38.1 Å². The van der Waals surface area contributed by atoms with Gasteiger partial charge in [-0.3, -0.25) is 4.79 Å². The van der Waals surface area contributed by atoms with Crippen molar-refractivity contribution in [3.05, 3.63) is 11.6 Å². The van der Waals surface area contributed by atoms with Crippen LogP contribution >= 0.6 is 0 Å². The molecule has 5 aliphatic carbocycles. The van der Waals surface area contributed by atoms with E-state index in [1.165, 1.54) is 19.4 Å². The maximum Gasteiger partial charge on any atom is 0.335 e. The number of carboxylic acid groups (broad SMARTS) is 1. The minimum atomic E-state index is -2.05. The summed E-state index contributed by atoms with van der Waals surface area (Å²) in [6.07, 6.45) is -19.0. The van der Waals surface area contributed by atoms with E-state index in [1.807, 2.05) is 13.8 Å². The summed E-state index contributed by atoms with van der Waals surface area (Å²) in [5.41, 5.74) is -2.05. The number of hydrogen-bond donors (Lipinski definition) is 11. The van der Waals surface area contributed by atoms with Crippen LogP contribution in [0.15, 0.2) is 11.6 Å². The Morgan fingerprint density at radius 2 is 1.38 bits per heavy atom. The summed E-state index contributed by atoms with van der Waals surface area (Å²) in [6.45, 7) is 14.6. The SMILES string of the molecule is CC(=O)O[C@@H]1[C@H](O)[C@@](C)(CO)C[C@H]2C3=CC[C@@H]4[C@@]5(C)CC[C@H](O[C@@H]6O[C@H](C(=O)O)[C@@H](O)[C@H](O)[C@H]6O[C@@H]6OC[C@H](O)[C@H](O)[C@H]6O[C@@H]6O[C@@H](C)[C@H](O)[C@@H](O)[C@H]6O)[C@](C)(CO)[C@@H]5CC[C@@]4(C)[C@]3(C)CC[C@@]12C. The topological polar surface area (TPSA) is 321 Å². The fourth-order valence-electron chi connectivity index (χ4n) is 15.2. The van der Waals surface area contributed by atoms with Gasteiger partial charge in [-0.15, -0.1) is 0 Å². The monoisotopic (exact) mass is 987 g/mol. The van der Waals surface area contributed by atoms with Crippen molar-refractivity contribution < 1.29 is 98.9 Å². The molecule has 8 aliphatic rings. The third-order valence-corrected chi connectivity index (χ3v) is 19.8. The summed E-state index contributed by atoms with van der Waals surface area (Å²) in [5, 5.41) is 120. The first kappa shape index (κ1) is 53.3. The zero-order valence-corrected chi connectivity index (χ0v) is 41.0. The predicted molar refractivity (Wildman–Crippen MR) is 237 cm³/mol. The van der Waals surface area contributed by atoms with Crippen LogP contribution in [0.4, 0.5) is 0 Å². The lowest BCUT2D eigenvalue weighted by Crippen LogP contribution is -2.69. The van der Waals surface area contributed by atoms with Gasteiger partial charge in [0.15, 0.2) is 25.0 Å². The summed E-state index contributed by atoms with van der Waals surface area (Å²) in [5.74, 6) is -2.15. The zero-order valence-electron chi connectivity index (χ0n) is 41.0. The quantitative estimate of drug-likeness (QED) is 0.0771. The molecule has 0 radical (unpaired) electrons. The Morgan fingerprint density at radius 1 is 0.710 bits per heavy atom. The Balaban J connectivity index is 1.07. The molecule has 3 aliphatic heterocycles. The lowest BCUT2D eigenvalue weighted by Gasteiger charge is -2.72. The molecule has 4 saturated carbocycles. The van der Waals surface area contributed by atoms with Crippen LogP contribution in [-0.4, -0.2) is 192 Å². The van der Waals surface area contributed by atoms with Gasteiger partial charge < -0.3 is 89.3 Å². The molecule has 8 rings (SSSR count). The van der Waals surface area contributed by atoms with Crippen LogP contribution < -0.4 is 0 Å². The Kier molecular flexibility index (Phi) is 14.5. The van der Waals surface area contributed by atoms with Gasteiger partial charge in [0.1, 0.15) is 61.0 Å². The Hall–Kier alpha value is -1.96. The lowest BCUT2D eigenvalue weighted by atomic mass is 9.33. The molecule has 0 unspecified atom stereocenters. The molecule has 20 heteroatoms. The van der Waals surface area contributed by atoms with E-state index in [2.05, 4.69) is 33.8 Å². The standard InChI is InChI=1S/C49H78O20/c1-21-29(54)31(56)34(59)41(64-21)68-36-30(55)25(53)18-63-42(36)69-37-33(58)32(57)35(40(61)62)67-43(37)66-28-12-13-46(5)26(47(28,6)20-51)11-14-49(8)27(46)10-9-23-24-17-44(3,19-50)38(60)39(65-22(2)52)45(24,4)15-16-48(23,49)7/h9,21,24-39,41-43,50-51,53-60H,10-20H2,1-8H3,(H,61,62)/t21-,24-,25-,26+,27+,28-,29-,30-,31+,32-,33-,34+,35-,36+,37+,38-,39+,41-,42-,43+,44+,45+,46-,47+,48+,49+/m0/s1. The van der Waals surface area contributed by atoms with Gasteiger partial charge in [-0.1, -0.05) is 53.2 Å². The van der Waals surface area contributed by atoms with Crippen LogP contribution in [0.3, 0.4) is 0 Å². The van der Waals surface area contributed by atoms with Crippen LogP contribution in [0.5, 0.6) is 0 Å². The van der Waals surface area contributed by atoms with Gasteiger partial charge in [0, 0.05) is 23.2 Å². The van der Waals surface area contributed by atoms with E-state index in [9.17, 15) is 65.8 Å². The van der Waals surface area contributed by atoms with E-state index in [4.69, 9.17) is 33.2 Å². The Morgan fingerprint density at radius 3 is 2.01 bits per heavy atom. The second kappa shape index (κ2) is 18.8. The van der Waals surface area contributed by atoms with Crippen LogP contribution in [0, 0.1) is 50.2 Å². The number of hydrogen-bond acceptors (Lipinski definition) is 19. The highest BCUT2D eigenvalue weighted by Crippen LogP contribution is 2.76. The van der Waals surface area contributed by atoms with Crippen molar-refractivity contribution in [3.8, 4) is 0 Å².